The van der Waals surface area contributed by atoms with E-state index in [4.69, 9.17) is 21.5 Å². The maximum Gasteiger partial charge on any atom is 0.290 e. The molecular formula is C10H11ClO4. The van der Waals surface area contributed by atoms with Crippen molar-refractivity contribution in [3.05, 3.63) is 35.9 Å². The van der Waals surface area contributed by atoms with Crippen LogP contribution in [0.1, 0.15) is 10.4 Å². The first kappa shape index (κ1) is 13.6. The second kappa shape index (κ2) is 7.96. The molecule has 82 valence electrons. The Hall–Kier alpha value is -1.39. The third-order valence-electron chi connectivity index (χ3n) is 1.47. The first-order chi connectivity index (χ1) is 7.17. The van der Waals surface area contributed by atoms with Crippen LogP contribution in [-0.2, 0) is 9.53 Å². The Balaban J connectivity index is 0.000000583. The smallest absolute Gasteiger partial charge is 0.290 e. The fraction of sp³-hybridized carbons (Fsp3) is 0.200. The number of carbonyl (C=O) groups excluding carboxylic acids is 1. The number of halogens is 1. The maximum absolute atomic E-state index is 11.3. The van der Waals surface area contributed by atoms with Crippen LogP contribution in [0.25, 0.3) is 0 Å². The van der Waals surface area contributed by atoms with Gasteiger partial charge in [0, 0.05) is 12.7 Å². The molecule has 1 atom stereocenters. The van der Waals surface area contributed by atoms with Crippen molar-refractivity contribution in [2.24, 2.45) is 0 Å². The fourth-order valence-corrected chi connectivity index (χ4v) is 0.966. The molecule has 0 saturated carbocycles. The van der Waals surface area contributed by atoms with Crippen molar-refractivity contribution in [2.75, 3.05) is 7.11 Å². The molecule has 0 aliphatic heterocycles. The largest absolute Gasteiger partial charge is 0.483 e. The van der Waals surface area contributed by atoms with Crippen LogP contribution in [0.3, 0.4) is 0 Å². The average molecular weight is 231 g/mol. The summed E-state index contributed by atoms with van der Waals surface area (Å²) in [6, 6.07) is 8.82. The van der Waals surface area contributed by atoms with Crippen LogP contribution in [-0.4, -0.2) is 30.0 Å². The molecule has 4 nitrogen and oxygen atoms in total. The Kier molecular flexibility index (Phi) is 7.23. The van der Waals surface area contributed by atoms with Gasteiger partial charge in [-0.1, -0.05) is 41.9 Å². The van der Waals surface area contributed by atoms with Crippen molar-refractivity contribution < 1.29 is 19.4 Å². The lowest BCUT2D eigenvalue weighted by molar-refractivity contribution is -0.122. The predicted molar refractivity (Wildman–Crippen MR) is 56.1 cm³/mol. The Labute approximate surface area is 92.4 Å². The van der Waals surface area contributed by atoms with Crippen LogP contribution in [0.2, 0.25) is 0 Å². The van der Waals surface area contributed by atoms with E-state index in [0.29, 0.717) is 5.56 Å². The highest BCUT2D eigenvalue weighted by Gasteiger charge is 2.15. The number of carboxylic acid groups (broad SMARTS) is 1. The SMILES string of the molecule is COC(Cl)C(=O)c1ccccc1.O=CO. The number of ether oxygens (including phenoxy) is 1. The normalized spacial score (nSPS) is 10.8. The highest BCUT2D eigenvalue weighted by Crippen LogP contribution is 2.08. The van der Waals surface area contributed by atoms with Gasteiger partial charge >= 0.3 is 0 Å². The molecule has 0 saturated heterocycles. The number of hydrogen-bond acceptors (Lipinski definition) is 3. The molecule has 0 heterocycles. The van der Waals surface area contributed by atoms with E-state index in [0.717, 1.165) is 0 Å². The van der Waals surface area contributed by atoms with Crippen molar-refractivity contribution in [1.29, 1.82) is 0 Å². The lowest BCUT2D eigenvalue weighted by Crippen LogP contribution is -2.16. The Morgan fingerprint density at radius 2 is 1.93 bits per heavy atom. The summed E-state index contributed by atoms with van der Waals surface area (Å²) in [6.45, 7) is -0.250. The first-order valence-corrected chi connectivity index (χ1v) is 4.45. The quantitative estimate of drug-likeness (QED) is 0.488. The summed E-state index contributed by atoms with van der Waals surface area (Å²) >= 11 is 5.58. The zero-order valence-corrected chi connectivity index (χ0v) is 8.85. The van der Waals surface area contributed by atoms with Crippen LogP contribution in [0.15, 0.2) is 30.3 Å². The number of Topliss-reactive ketones (excluding diaryl/α,β-unsaturated/α-hetero) is 1. The van der Waals surface area contributed by atoms with E-state index in [1.165, 1.54) is 7.11 Å². The van der Waals surface area contributed by atoms with Crippen LogP contribution < -0.4 is 0 Å². The molecule has 1 aromatic rings. The van der Waals surface area contributed by atoms with Gasteiger partial charge in [0.15, 0.2) is 5.56 Å². The molecule has 0 aliphatic carbocycles. The van der Waals surface area contributed by atoms with Gasteiger partial charge in [-0.05, 0) is 0 Å². The summed E-state index contributed by atoms with van der Waals surface area (Å²) in [5, 5.41) is 6.89. The van der Waals surface area contributed by atoms with Gasteiger partial charge in [0.05, 0.1) is 0 Å². The number of ketones is 1. The molecule has 15 heavy (non-hydrogen) atoms. The van der Waals surface area contributed by atoms with E-state index in [9.17, 15) is 4.79 Å². The van der Waals surface area contributed by atoms with Gasteiger partial charge in [-0.25, -0.2) is 0 Å². The van der Waals surface area contributed by atoms with Gasteiger partial charge in [-0.15, -0.1) is 0 Å². The summed E-state index contributed by atoms with van der Waals surface area (Å²) in [6.07, 6.45) is 0. The van der Waals surface area contributed by atoms with E-state index in [2.05, 4.69) is 4.74 Å². The molecular weight excluding hydrogens is 220 g/mol. The zero-order chi connectivity index (χ0) is 11.7. The molecule has 0 spiro atoms. The number of hydrogen-bond donors (Lipinski definition) is 1. The van der Waals surface area contributed by atoms with Crippen LogP contribution in [0.4, 0.5) is 0 Å². The van der Waals surface area contributed by atoms with Crippen molar-refractivity contribution in [1.82, 2.24) is 0 Å². The zero-order valence-electron chi connectivity index (χ0n) is 8.09. The highest BCUT2D eigenvalue weighted by atomic mass is 35.5. The van der Waals surface area contributed by atoms with Crippen molar-refractivity contribution >= 4 is 23.9 Å². The number of alkyl halides is 1. The third-order valence-corrected chi connectivity index (χ3v) is 1.85. The lowest BCUT2D eigenvalue weighted by atomic mass is 10.1. The Bertz CT molecular complexity index is 300. The van der Waals surface area contributed by atoms with E-state index in [1.54, 1.807) is 24.3 Å². The van der Waals surface area contributed by atoms with E-state index < -0.39 is 5.56 Å². The third kappa shape index (κ3) is 5.15. The summed E-state index contributed by atoms with van der Waals surface area (Å²) in [5.74, 6) is -0.209. The van der Waals surface area contributed by atoms with Gasteiger partial charge in [0.25, 0.3) is 6.47 Å². The molecule has 1 aromatic carbocycles. The Morgan fingerprint density at radius 3 is 2.33 bits per heavy atom. The minimum Gasteiger partial charge on any atom is -0.483 e. The van der Waals surface area contributed by atoms with Crippen molar-refractivity contribution in [3.63, 3.8) is 0 Å². The number of rotatable bonds is 3. The average Bonchev–Trinajstić information content (AvgIpc) is 2.29. The van der Waals surface area contributed by atoms with E-state index in [-0.39, 0.29) is 12.3 Å². The highest BCUT2D eigenvalue weighted by molar-refractivity contribution is 6.32. The molecule has 1 rings (SSSR count). The minimum atomic E-state index is -0.882. The number of benzene rings is 1. The summed E-state index contributed by atoms with van der Waals surface area (Å²) in [4.78, 5) is 19.7. The number of methoxy groups -OCH3 is 1. The van der Waals surface area contributed by atoms with Crippen LogP contribution in [0.5, 0.6) is 0 Å². The molecule has 5 heteroatoms. The molecule has 1 N–H and O–H groups in total. The summed E-state index contributed by atoms with van der Waals surface area (Å²) in [5.41, 5.74) is -0.313. The van der Waals surface area contributed by atoms with E-state index >= 15 is 0 Å². The molecule has 0 amide bonds. The minimum absolute atomic E-state index is 0.209. The number of carbonyl (C=O) groups is 2. The van der Waals surface area contributed by atoms with Crippen LogP contribution in [0, 0.1) is 0 Å². The predicted octanol–water partition coefficient (Wildman–Crippen LogP) is 1.78. The lowest BCUT2D eigenvalue weighted by Gasteiger charge is -2.04. The van der Waals surface area contributed by atoms with Crippen molar-refractivity contribution in [2.45, 2.75) is 5.56 Å². The summed E-state index contributed by atoms with van der Waals surface area (Å²) < 4.78 is 4.68. The van der Waals surface area contributed by atoms with E-state index in [1.807, 2.05) is 6.07 Å². The maximum atomic E-state index is 11.3. The first-order valence-electron chi connectivity index (χ1n) is 4.01. The van der Waals surface area contributed by atoms with Gasteiger partial charge in [0.2, 0.25) is 5.78 Å². The monoisotopic (exact) mass is 230 g/mol. The summed E-state index contributed by atoms with van der Waals surface area (Å²) in [7, 11) is 1.40. The van der Waals surface area contributed by atoms with Crippen LogP contribution >= 0.6 is 11.6 Å². The molecule has 0 radical (unpaired) electrons. The topological polar surface area (TPSA) is 63.6 Å². The van der Waals surface area contributed by atoms with Crippen molar-refractivity contribution in [3.8, 4) is 0 Å². The van der Waals surface area contributed by atoms with Gasteiger partial charge in [0.1, 0.15) is 0 Å². The molecule has 0 aromatic heterocycles. The molecule has 1 unspecified atom stereocenters. The second-order valence-corrected chi connectivity index (χ2v) is 2.78. The fourth-order valence-electron chi connectivity index (χ4n) is 0.840. The molecule has 0 bridgehead atoms. The standard InChI is InChI=1S/C9H9ClO2.CH2O2/c1-12-9(10)8(11)7-5-3-2-4-6-7;2-1-3/h2-6,9H,1H3;1H,(H,2,3). The second-order valence-electron chi connectivity index (χ2n) is 2.39. The Morgan fingerprint density at radius 1 is 1.47 bits per heavy atom. The molecule has 0 aliphatic rings. The molecule has 0 fully saturated rings. The van der Waals surface area contributed by atoms with Gasteiger partial charge in [-0.2, -0.15) is 0 Å². The van der Waals surface area contributed by atoms with Gasteiger partial charge in [-0.3, -0.25) is 9.59 Å². The van der Waals surface area contributed by atoms with Gasteiger partial charge < -0.3 is 9.84 Å².